The fourth-order valence-corrected chi connectivity index (χ4v) is 4.78. The topological polar surface area (TPSA) is 64.7 Å². The number of aliphatic hydroxyl groups excluding tert-OH is 1. The molecule has 2 aromatic rings. The lowest BCUT2D eigenvalue weighted by atomic mass is 9.82. The Hall–Kier alpha value is -2.11. The number of halogens is 1. The molecule has 0 bridgehead atoms. The average molecular weight is 400 g/mol. The minimum atomic E-state index is -0.411. The lowest BCUT2D eigenvalue weighted by Crippen LogP contribution is -2.40. The second-order valence-electron chi connectivity index (χ2n) is 8.70. The van der Waals surface area contributed by atoms with Gasteiger partial charge in [-0.1, -0.05) is 18.2 Å². The molecule has 0 spiro atoms. The predicted octanol–water partition coefficient (Wildman–Crippen LogP) is 3.98. The molecule has 4 rings (SSSR count). The Morgan fingerprint density at radius 2 is 2.03 bits per heavy atom. The van der Waals surface area contributed by atoms with Crippen molar-refractivity contribution in [3.8, 4) is 11.5 Å². The fraction of sp³-hybridized carbons (Fsp3) is 0.500. The zero-order valence-electron chi connectivity index (χ0n) is 17.0. The third-order valence-electron chi connectivity index (χ3n) is 6.60. The number of hydrogen-bond acceptors (Lipinski definition) is 4. The minimum absolute atomic E-state index is 0.0655. The van der Waals surface area contributed by atoms with Crippen LogP contribution in [-0.4, -0.2) is 31.0 Å². The second kappa shape index (κ2) is 8.33. The zero-order chi connectivity index (χ0) is 20.4. The molecular weight excluding hydrogens is 369 g/mol. The highest BCUT2D eigenvalue weighted by Gasteiger charge is 2.36. The first kappa shape index (κ1) is 20.2. The smallest absolute Gasteiger partial charge is 0.165 e. The lowest BCUT2D eigenvalue weighted by Gasteiger charge is -2.26. The lowest BCUT2D eigenvalue weighted by molar-refractivity contribution is 0.198. The fourth-order valence-electron chi connectivity index (χ4n) is 4.78. The third-order valence-corrected chi connectivity index (χ3v) is 6.60. The van der Waals surface area contributed by atoms with Gasteiger partial charge in [-0.25, -0.2) is 4.39 Å². The molecule has 2 aliphatic rings. The van der Waals surface area contributed by atoms with Gasteiger partial charge in [-0.2, -0.15) is 0 Å². The number of benzene rings is 2. The largest absolute Gasteiger partial charge is 0.494 e. The number of nitrogens with two attached hydrogens (primary N) is 1. The normalized spacial score (nSPS) is 26.2. The molecule has 29 heavy (non-hydrogen) atoms. The summed E-state index contributed by atoms with van der Waals surface area (Å²) < 4.78 is 24.5. The molecule has 2 aliphatic carbocycles. The number of fused-ring (bicyclic) bond motifs is 1. The van der Waals surface area contributed by atoms with E-state index in [-0.39, 0.29) is 18.2 Å². The van der Waals surface area contributed by atoms with Crippen LogP contribution in [0.25, 0.3) is 0 Å². The molecule has 0 aliphatic heterocycles. The number of hydrogen-bond donors (Lipinski definition) is 2. The van der Waals surface area contributed by atoms with Crippen molar-refractivity contribution >= 4 is 0 Å². The number of methoxy groups -OCH3 is 1. The summed E-state index contributed by atoms with van der Waals surface area (Å²) in [5.41, 5.74) is 10.0. The number of ether oxygens (including phenoxy) is 2. The van der Waals surface area contributed by atoms with Gasteiger partial charge in [0.1, 0.15) is 5.75 Å². The van der Waals surface area contributed by atoms with E-state index in [1.54, 1.807) is 12.1 Å². The molecule has 3 N–H and O–H groups in total. The molecule has 0 radical (unpaired) electrons. The van der Waals surface area contributed by atoms with Gasteiger partial charge in [-0.15, -0.1) is 0 Å². The van der Waals surface area contributed by atoms with Gasteiger partial charge in [0.2, 0.25) is 0 Å². The molecular formula is C24H30FNO3. The van der Waals surface area contributed by atoms with Gasteiger partial charge in [0.25, 0.3) is 0 Å². The van der Waals surface area contributed by atoms with Gasteiger partial charge in [0, 0.05) is 11.6 Å². The van der Waals surface area contributed by atoms with Crippen molar-refractivity contribution in [2.75, 3.05) is 20.3 Å². The Bertz CT molecular complexity index is 871. The molecule has 0 saturated heterocycles. The van der Waals surface area contributed by atoms with Crippen molar-refractivity contribution in [2.24, 2.45) is 11.7 Å². The number of aryl methyl sites for hydroxylation is 1. The van der Waals surface area contributed by atoms with Gasteiger partial charge in [0.05, 0.1) is 20.3 Å². The van der Waals surface area contributed by atoms with Crippen molar-refractivity contribution in [1.29, 1.82) is 0 Å². The highest BCUT2D eigenvalue weighted by molar-refractivity contribution is 5.37. The molecule has 2 aromatic carbocycles. The van der Waals surface area contributed by atoms with Crippen LogP contribution in [0.5, 0.6) is 11.5 Å². The van der Waals surface area contributed by atoms with Gasteiger partial charge in [0.15, 0.2) is 11.6 Å². The zero-order valence-corrected chi connectivity index (χ0v) is 17.0. The van der Waals surface area contributed by atoms with Crippen LogP contribution in [0.4, 0.5) is 4.39 Å². The summed E-state index contributed by atoms with van der Waals surface area (Å²) in [6, 6.07) is 11.5. The van der Waals surface area contributed by atoms with Gasteiger partial charge >= 0.3 is 0 Å². The first-order valence-electron chi connectivity index (χ1n) is 10.5. The van der Waals surface area contributed by atoms with E-state index in [0.717, 1.165) is 38.5 Å². The maximum Gasteiger partial charge on any atom is 0.165 e. The average Bonchev–Trinajstić information content (AvgIpc) is 3.15. The Morgan fingerprint density at radius 3 is 2.79 bits per heavy atom. The highest BCUT2D eigenvalue weighted by Crippen LogP contribution is 2.40. The second-order valence-corrected chi connectivity index (χ2v) is 8.70. The Labute approximate surface area is 171 Å². The van der Waals surface area contributed by atoms with Gasteiger partial charge in [-0.3, -0.25) is 0 Å². The van der Waals surface area contributed by atoms with Crippen LogP contribution in [0.1, 0.15) is 48.3 Å². The Morgan fingerprint density at radius 1 is 1.17 bits per heavy atom. The standard InChI is InChI=1S/C24H30FNO3/c1-28-23-12-21(6-7-22(23)25)29-14-16-2-3-18-11-19(5-4-17(18)10-16)20-8-9-24(26,13-20)15-27/h4-7,11-12,16,20,27H,2-3,8-10,13-15,26H2,1H3/t16?,20-,24+/m0/s1. The maximum absolute atomic E-state index is 13.5. The Kier molecular flexibility index (Phi) is 5.79. The van der Waals surface area contributed by atoms with Crippen molar-refractivity contribution in [3.05, 3.63) is 58.9 Å². The molecule has 1 fully saturated rings. The monoisotopic (exact) mass is 399 g/mol. The van der Waals surface area contributed by atoms with Crippen LogP contribution in [0.3, 0.4) is 0 Å². The molecule has 4 nitrogen and oxygen atoms in total. The predicted molar refractivity (Wildman–Crippen MR) is 111 cm³/mol. The van der Waals surface area contributed by atoms with E-state index in [0.29, 0.717) is 24.2 Å². The van der Waals surface area contributed by atoms with E-state index in [1.165, 1.54) is 29.9 Å². The molecule has 5 heteroatoms. The van der Waals surface area contributed by atoms with Crippen molar-refractivity contribution < 1.29 is 19.0 Å². The molecule has 0 aromatic heterocycles. The van der Waals surface area contributed by atoms with E-state index < -0.39 is 5.54 Å². The van der Waals surface area contributed by atoms with Gasteiger partial charge < -0.3 is 20.3 Å². The van der Waals surface area contributed by atoms with Crippen LogP contribution >= 0.6 is 0 Å². The molecule has 0 amide bonds. The first-order chi connectivity index (χ1) is 14.0. The van der Waals surface area contributed by atoms with E-state index in [1.807, 2.05) is 0 Å². The molecule has 1 saturated carbocycles. The quantitative estimate of drug-likeness (QED) is 0.771. The molecule has 1 unspecified atom stereocenters. The summed E-state index contributed by atoms with van der Waals surface area (Å²) in [4.78, 5) is 0. The summed E-state index contributed by atoms with van der Waals surface area (Å²) in [5.74, 6) is 1.36. The van der Waals surface area contributed by atoms with E-state index in [2.05, 4.69) is 18.2 Å². The third kappa shape index (κ3) is 4.41. The number of aliphatic hydroxyl groups is 1. The maximum atomic E-state index is 13.5. The SMILES string of the molecule is COc1cc(OCC2CCc3cc([C@H]4CC[C@](N)(CO)C4)ccc3C2)ccc1F. The van der Waals surface area contributed by atoms with Crippen molar-refractivity contribution in [2.45, 2.75) is 50.0 Å². The van der Waals surface area contributed by atoms with Gasteiger partial charge in [-0.05, 0) is 79.2 Å². The summed E-state index contributed by atoms with van der Waals surface area (Å²) in [6.07, 6.45) is 5.92. The highest BCUT2D eigenvalue weighted by atomic mass is 19.1. The van der Waals surface area contributed by atoms with E-state index in [4.69, 9.17) is 15.2 Å². The molecule has 0 heterocycles. The van der Waals surface area contributed by atoms with Crippen LogP contribution < -0.4 is 15.2 Å². The first-order valence-corrected chi connectivity index (χ1v) is 10.5. The molecule has 156 valence electrons. The minimum Gasteiger partial charge on any atom is -0.494 e. The Balaban J connectivity index is 1.37. The van der Waals surface area contributed by atoms with Crippen molar-refractivity contribution in [3.63, 3.8) is 0 Å². The van der Waals surface area contributed by atoms with Crippen molar-refractivity contribution in [1.82, 2.24) is 0 Å². The van der Waals surface area contributed by atoms with Crippen LogP contribution in [0.2, 0.25) is 0 Å². The number of rotatable bonds is 6. The van der Waals surface area contributed by atoms with E-state index >= 15 is 0 Å². The molecule has 3 atom stereocenters. The summed E-state index contributed by atoms with van der Waals surface area (Å²) in [6.45, 7) is 0.681. The van der Waals surface area contributed by atoms with E-state index in [9.17, 15) is 9.50 Å². The van der Waals surface area contributed by atoms with Crippen LogP contribution in [-0.2, 0) is 12.8 Å². The van der Waals surface area contributed by atoms with Crippen LogP contribution in [0, 0.1) is 11.7 Å². The summed E-state index contributed by atoms with van der Waals surface area (Å²) >= 11 is 0. The summed E-state index contributed by atoms with van der Waals surface area (Å²) in [7, 11) is 1.46. The summed E-state index contributed by atoms with van der Waals surface area (Å²) in [5, 5.41) is 9.52. The van der Waals surface area contributed by atoms with Crippen LogP contribution in [0.15, 0.2) is 36.4 Å².